The maximum Gasteiger partial charge on any atom is 0.391 e. The first-order chi connectivity index (χ1) is 19.6. The van der Waals surface area contributed by atoms with Crippen LogP contribution in [-0.4, -0.2) is 29.2 Å². The van der Waals surface area contributed by atoms with E-state index in [0.29, 0.717) is 64.7 Å². The van der Waals surface area contributed by atoms with Crippen molar-refractivity contribution in [2.24, 2.45) is 11.1 Å². The summed E-state index contributed by atoms with van der Waals surface area (Å²) in [5, 5.41) is 12.9. The van der Waals surface area contributed by atoms with E-state index in [2.05, 4.69) is 5.16 Å². The van der Waals surface area contributed by atoms with Gasteiger partial charge in [0.05, 0.1) is 29.3 Å². The number of halogens is 5. The number of ether oxygens (including phenoxy) is 2. The molecule has 0 spiro atoms. The minimum atomic E-state index is -4.20. The number of benzene rings is 2. The molecular formula is C30H35F5N2O3S. The van der Waals surface area contributed by atoms with Crippen molar-refractivity contribution >= 4 is 17.0 Å². The average molecular weight is 599 g/mol. The minimum absolute atomic E-state index is 0.0735. The molecule has 0 radical (unpaired) electrons. The Balaban J connectivity index is 1.78. The van der Waals surface area contributed by atoms with Crippen molar-refractivity contribution < 1.29 is 36.6 Å². The molecule has 224 valence electrons. The summed E-state index contributed by atoms with van der Waals surface area (Å²) in [6.45, 7) is 3.67. The molecule has 0 aliphatic heterocycles. The van der Waals surface area contributed by atoms with Gasteiger partial charge in [-0.15, -0.1) is 11.3 Å². The maximum absolute atomic E-state index is 13.4. The van der Waals surface area contributed by atoms with Crippen molar-refractivity contribution in [2.45, 2.75) is 78.0 Å². The fourth-order valence-corrected chi connectivity index (χ4v) is 5.48. The number of aryl methyl sites for hydroxylation is 1. The Hall–Kier alpha value is -3.21. The molecule has 1 heterocycles. The van der Waals surface area contributed by atoms with E-state index in [-0.39, 0.29) is 25.0 Å². The Kier molecular flexibility index (Phi) is 11.9. The van der Waals surface area contributed by atoms with Crippen molar-refractivity contribution in [1.29, 1.82) is 0 Å². The van der Waals surface area contributed by atoms with Crippen LogP contribution in [0.3, 0.4) is 0 Å². The second-order valence-corrected chi connectivity index (χ2v) is 10.9. The highest BCUT2D eigenvalue weighted by atomic mass is 32.1. The van der Waals surface area contributed by atoms with E-state index < -0.39 is 18.5 Å². The number of oxime groups is 1. The molecule has 3 aromatic rings. The Morgan fingerprint density at radius 1 is 1.05 bits per heavy atom. The topological polar surface area (TPSA) is 63.9 Å². The molecule has 0 saturated carbocycles. The van der Waals surface area contributed by atoms with Gasteiger partial charge in [-0.05, 0) is 44.7 Å². The molecule has 0 aliphatic rings. The van der Waals surface area contributed by atoms with Gasteiger partial charge < -0.3 is 14.7 Å². The predicted octanol–water partition coefficient (Wildman–Crippen LogP) is 9.61. The number of aromatic nitrogens is 1. The molecule has 2 aromatic carbocycles. The molecule has 1 atom stereocenters. The molecule has 11 heteroatoms. The lowest BCUT2D eigenvalue weighted by Gasteiger charge is -2.19. The lowest BCUT2D eigenvalue weighted by molar-refractivity contribution is -0.178. The van der Waals surface area contributed by atoms with Crippen molar-refractivity contribution in [3.63, 3.8) is 0 Å². The van der Waals surface area contributed by atoms with Gasteiger partial charge in [0.25, 0.3) is 6.43 Å². The lowest BCUT2D eigenvalue weighted by Crippen LogP contribution is -2.22. The number of alkyl halides is 5. The summed E-state index contributed by atoms with van der Waals surface area (Å²) in [4.78, 5) is 5.52. The van der Waals surface area contributed by atoms with Crippen LogP contribution in [0.5, 0.6) is 11.5 Å². The molecule has 0 aliphatic carbocycles. The molecule has 1 N–H and O–H groups in total. The predicted molar refractivity (Wildman–Crippen MR) is 150 cm³/mol. The summed E-state index contributed by atoms with van der Waals surface area (Å²) >= 11 is 1.36. The first-order valence-electron chi connectivity index (χ1n) is 13.5. The van der Waals surface area contributed by atoms with Crippen LogP contribution in [0.4, 0.5) is 22.0 Å². The van der Waals surface area contributed by atoms with E-state index >= 15 is 0 Å². The largest absolute Gasteiger partial charge is 0.496 e. The van der Waals surface area contributed by atoms with Crippen LogP contribution >= 0.6 is 11.3 Å². The number of hydrogen-bond acceptors (Lipinski definition) is 6. The molecule has 0 fully saturated rings. The van der Waals surface area contributed by atoms with Gasteiger partial charge in [-0.2, -0.15) is 13.2 Å². The van der Waals surface area contributed by atoms with E-state index in [9.17, 15) is 22.0 Å². The van der Waals surface area contributed by atoms with Gasteiger partial charge in [-0.1, -0.05) is 55.6 Å². The van der Waals surface area contributed by atoms with Crippen molar-refractivity contribution in [1.82, 2.24) is 4.98 Å². The molecule has 3 rings (SSSR count). The van der Waals surface area contributed by atoms with E-state index in [1.807, 2.05) is 6.92 Å². The monoisotopic (exact) mass is 598 g/mol. The van der Waals surface area contributed by atoms with Crippen molar-refractivity contribution in [2.75, 3.05) is 7.11 Å². The molecule has 1 aromatic heterocycles. The fraction of sp³-hybridized carbons (Fsp3) is 0.467. The molecule has 0 bridgehead atoms. The minimum Gasteiger partial charge on any atom is -0.496 e. The summed E-state index contributed by atoms with van der Waals surface area (Å²) < 4.78 is 77.7. The zero-order valence-corrected chi connectivity index (χ0v) is 24.1. The van der Waals surface area contributed by atoms with Gasteiger partial charge >= 0.3 is 6.18 Å². The number of methoxy groups -OCH3 is 1. The highest BCUT2D eigenvalue weighted by molar-refractivity contribution is 7.15. The molecule has 0 amide bonds. The van der Waals surface area contributed by atoms with Crippen molar-refractivity contribution in [3.05, 3.63) is 64.2 Å². The molecule has 5 nitrogen and oxygen atoms in total. The van der Waals surface area contributed by atoms with Crippen LogP contribution in [0.25, 0.3) is 10.6 Å². The van der Waals surface area contributed by atoms with Crippen LogP contribution in [0, 0.1) is 5.92 Å². The number of rotatable bonds is 15. The van der Waals surface area contributed by atoms with Gasteiger partial charge in [0.2, 0.25) is 0 Å². The second-order valence-electron chi connectivity index (χ2n) is 9.77. The van der Waals surface area contributed by atoms with Crippen LogP contribution in [0.2, 0.25) is 0 Å². The third-order valence-corrected chi connectivity index (χ3v) is 7.98. The Labute approximate surface area is 241 Å². The number of hydrogen-bond donors (Lipinski definition) is 1. The standard InChI is InChI=1S/C30H35F5N2O3S/c1-4-5-8-22(30(33,34)35)9-6-7-10-25-27(41-29(36-25)21-13-11-20(12-14-21)28(31)32)18-40-23-15-16-24(19(2)37-38)26(17-23)39-3/h11-17,22,28,38H,4-10,18H2,1-3H3/b37-19+. The third-order valence-electron chi connectivity index (χ3n) is 6.86. The first-order valence-corrected chi connectivity index (χ1v) is 14.3. The van der Waals surface area contributed by atoms with Gasteiger partial charge in [-0.3, -0.25) is 0 Å². The van der Waals surface area contributed by atoms with Gasteiger partial charge in [-0.25, -0.2) is 13.8 Å². The quantitative estimate of drug-likeness (QED) is 0.0622. The normalized spacial score (nSPS) is 13.0. The Bertz CT molecular complexity index is 1280. The summed E-state index contributed by atoms with van der Waals surface area (Å²) in [6, 6.07) is 11.0. The van der Waals surface area contributed by atoms with Crippen LogP contribution in [-0.2, 0) is 13.0 Å². The molecule has 41 heavy (non-hydrogen) atoms. The molecule has 1 unspecified atom stereocenters. The highest BCUT2D eigenvalue weighted by Gasteiger charge is 2.38. The lowest BCUT2D eigenvalue weighted by atomic mass is 9.94. The van der Waals surface area contributed by atoms with E-state index in [1.165, 1.54) is 30.6 Å². The van der Waals surface area contributed by atoms with E-state index in [1.54, 1.807) is 37.3 Å². The van der Waals surface area contributed by atoms with Gasteiger partial charge in [0, 0.05) is 22.8 Å². The van der Waals surface area contributed by atoms with E-state index in [0.717, 1.165) is 11.3 Å². The third kappa shape index (κ3) is 9.14. The number of unbranched alkanes of at least 4 members (excludes halogenated alkanes) is 2. The average Bonchev–Trinajstić information content (AvgIpc) is 3.37. The number of nitrogens with zero attached hydrogens (tertiary/aromatic N) is 2. The molecule has 0 saturated heterocycles. The van der Waals surface area contributed by atoms with Gasteiger partial charge in [0.1, 0.15) is 23.1 Å². The zero-order chi connectivity index (χ0) is 30.0. The number of thiazole rings is 1. The summed E-state index contributed by atoms with van der Waals surface area (Å²) in [7, 11) is 1.49. The smallest absolute Gasteiger partial charge is 0.391 e. The summed E-state index contributed by atoms with van der Waals surface area (Å²) in [5.41, 5.74) is 2.28. The first kappa shape index (κ1) is 32.3. The maximum atomic E-state index is 13.4. The zero-order valence-electron chi connectivity index (χ0n) is 23.3. The fourth-order valence-electron chi connectivity index (χ4n) is 4.45. The molecular weight excluding hydrogens is 563 g/mol. The summed E-state index contributed by atoms with van der Waals surface area (Å²) in [5.74, 6) is -0.339. The van der Waals surface area contributed by atoms with Crippen LogP contribution in [0.15, 0.2) is 47.6 Å². The Morgan fingerprint density at radius 2 is 1.76 bits per heavy atom. The Morgan fingerprint density at radius 3 is 2.37 bits per heavy atom. The van der Waals surface area contributed by atoms with Crippen molar-refractivity contribution in [3.8, 4) is 22.1 Å². The second kappa shape index (κ2) is 15.1. The van der Waals surface area contributed by atoms with E-state index in [4.69, 9.17) is 19.7 Å². The van der Waals surface area contributed by atoms with Gasteiger partial charge in [0.15, 0.2) is 0 Å². The summed E-state index contributed by atoms with van der Waals surface area (Å²) in [6.07, 6.45) is -3.89. The highest BCUT2D eigenvalue weighted by Crippen LogP contribution is 2.35. The van der Waals surface area contributed by atoms with Crippen LogP contribution in [0.1, 0.15) is 80.5 Å². The van der Waals surface area contributed by atoms with Crippen LogP contribution < -0.4 is 9.47 Å². The SMILES string of the molecule is CCCCC(CCCCc1nc(-c2ccc(C(F)F)cc2)sc1COc1ccc(/C(C)=N/O)c(OC)c1)C(F)(F)F.